The Morgan fingerprint density at radius 3 is 2.73 bits per heavy atom. The van der Waals surface area contributed by atoms with Crippen LogP contribution in [0.2, 0.25) is 0 Å². The Hall–Kier alpha value is -3.42. The summed E-state index contributed by atoms with van der Waals surface area (Å²) < 4.78 is 42.0. The summed E-state index contributed by atoms with van der Waals surface area (Å²) in [4.78, 5) is 16.4. The molecule has 1 amide bonds. The Labute approximate surface area is 170 Å². The third-order valence-electron chi connectivity index (χ3n) is 4.79. The maximum absolute atomic E-state index is 12.7. The number of hydrazone groups is 1. The van der Waals surface area contributed by atoms with Gasteiger partial charge in [-0.15, -0.1) is 13.2 Å². The van der Waals surface area contributed by atoms with Gasteiger partial charge in [0.2, 0.25) is 5.91 Å². The van der Waals surface area contributed by atoms with E-state index in [1.807, 2.05) is 30.3 Å². The zero-order valence-corrected chi connectivity index (χ0v) is 15.9. The third-order valence-corrected chi connectivity index (χ3v) is 4.79. The van der Waals surface area contributed by atoms with Crippen molar-refractivity contribution in [3.63, 3.8) is 0 Å². The molecule has 0 spiro atoms. The SMILES string of the molecule is O=C1CCCN1N=C(Cc1ccnc2ccccc12)c1cccc(OC(F)(F)F)c1. The molecule has 1 fully saturated rings. The standard InChI is InChI=1S/C22H18F3N3O2/c23-22(24,25)30-17-6-3-5-16(13-17)20(27-28-12-4-9-21(28)29)14-15-10-11-26-19-8-2-1-7-18(15)19/h1-3,5-8,10-11,13H,4,9,12,14H2. The fraction of sp³-hybridized carbons (Fsp3) is 0.227. The molecule has 0 unspecified atom stereocenters. The number of benzene rings is 2. The van der Waals surface area contributed by atoms with Crippen LogP contribution in [0, 0.1) is 0 Å². The number of rotatable bonds is 5. The third kappa shape index (κ3) is 4.59. The Kier molecular flexibility index (Phi) is 5.39. The van der Waals surface area contributed by atoms with Gasteiger partial charge in [0.05, 0.1) is 11.2 Å². The van der Waals surface area contributed by atoms with Gasteiger partial charge in [-0.05, 0) is 36.2 Å². The molecule has 1 aromatic heterocycles. The van der Waals surface area contributed by atoms with Gasteiger partial charge >= 0.3 is 6.36 Å². The molecule has 8 heteroatoms. The number of hydrogen-bond donors (Lipinski definition) is 0. The van der Waals surface area contributed by atoms with Crippen LogP contribution in [0.1, 0.15) is 24.0 Å². The molecule has 3 aromatic rings. The number of halogens is 3. The van der Waals surface area contributed by atoms with Gasteiger partial charge in [0.15, 0.2) is 0 Å². The van der Waals surface area contributed by atoms with E-state index in [0.29, 0.717) is 37.1 Å². The highest BCUT2D eigenvalue weighted by Gasteiger charge is 2.31. The smallest absolute Gasteiger partial charge is 0.406 e. The van der Waals surface area contributed by atoms with Gasteiger partial charge in [0.25, 0.3) is 0 Å². The van der Waals surface area contributed by atoms with Crippen LogP contribution in [-0.2, 0) is 11.2 Å². The van der Waals surface area contributed by atoms with E-state index in [4.69, 9.17) is 0 Å². The van der Waals surface area contributed by atoms with Crippen molar-refractivity contribution in [3.8, 4) is 5.75 Å². The van der Waals surface area contributed by atoms with E-state index in [2.05, 4.69) is 14.8 Å². The van der Waals surface area contributed by atoms with Crippen molar-refractivity contribution < 1.29 is 22.7 Å². The monoisotopic (exact) mass is 413 g/mol. The number of ether oxygens (including phenoxy) is 1. The molecular weight excluding hydrogens is 395 g/mol. The lowest BCUT2D eigenvalue weighted by Crippen LogP contribution is -2.22. The Morgan fingerprint density at radius 2 is 1.97 bits per heavy atom. The number of nitrogens with zero attached hydrogens (tertiary/aromatic N) is 3. The molecule has 0 radical (unpaired) electrons. The number of carbonyl (C=O) groups is 1. The predicted molar refractivity (Wildman–Crippen MR) is 106 cm³/mol. The summed E-state index contributed by atoms with van der Waals surface area (Å²) in [6, 6.07) is 15.1. The first-order chi connectivity index (χ1) is 14.4. The van der Waals surface area contributed by atoms with Crippen molar-refractivity contribution >= 4 is 22.5 Å². The molecule has 0 aliphatic carbocycles. The number of amides is 1. The molecule has 30 heavy (non-hydrogen) atoms. The summed E-state index contributed by atoms with van der Waals surface area (Å²) in [5.41, 5.74) is 2.65. The van der Waals surface area contributed by atoms with Crippen molar-refractivity contribution in [1.82, 2.24) is 9.99 Å². The fourth-order valence-electron chi connectivity index (χ4n) is 3.44. The van der Waals surface area contributed by atoms with Crippen LogP contribution in [0.25, 0.3) is 10.9 Å². The number of fused-ring (bicyclic) bond motifs is 1. The summed E-state index contributed by atoms with van der Waals surface area (Å²) in [6.07, 6.45) is -1.68. The van der Waals surface area contributed by atoms with Gasteiger partial charge in [-0.25, -0.2) is 5.01 Å². The van der Waals surface area contributed by atoms with Gasteiger partial charge < -0.3 is 4.74 Å². The molecule has 0 saturated carbocycles. The van der Waals surface area contributed by atoms with Gasteiger partial charge in [0, 0.05) is 36.5 Å². The van der Waals surface area contributed by atoms with Crippen molar-refractivity contribution in [2.45, 2.75) is 25.6 Å². The second-order valence-corrected chi connectivity index (χ2v) is 6.91. The number of hydrogen-bond acceptors (Lipinski definition) is 4. The minimum atomic E-state index is -4.79. The number of pyridine rings is 1. The normalized spacial score (nSPS) is 15.1. The van der Waals surface area contributed by atoms with E-state index < -0.39 is 6.36 Å². The van der Waals surface area contributed by atoms with Crippen LogP contribution in [0.3, 0.4) is 0 Å². The van der Waals surface area contributed by atoms with Crippen molar-refractivity contribution in [3.05, 3.63) is 71.9 Å². The molecule has 1 aliphatic heterocycles. The minimum Gasteiger partial charge on any atom is -0.406 e. The molecule has 5 nitrogen and oxygen atoms in total. The number of para-hydroxylation sites is 1. The molecule has 0 bridgehead atoms. The minimum absolute atomic E-state index is 0.102. The summed E-state index contributed by atoms with van der Waals surface area (Å²) in [5, 5.41) is 6.81. The average molecular weight is 413 g/mol. The highest BCUT2D eigenvalue weighted by atomic mass is 19.4. The first-order valence-electron chi connectivity index (χ1n) is 9.46. The largest absolute Gasteiger partial charge is 0.573 e. The summed E-state index contributed by atoms with van der Waals surface area (Å²) in [7, 11) is 0. The molecule has 0 N–H and O–H groups in total. The van der Waals surface area contributed by atoms with E-state index in [0.717, 1.165) is 16.5 Å². The molecule has 2 aromatic carbocycles. The molecular formula is C22H18F3N3O2. The molecule has 1 aliphatic rings. The van der Waals surface area contributed by atoms with Crippen LogP contribution < -0.4 is 4.74 Å². The molecule has 4 rings (SSSR count). The van der Waals surface area contributed by atoms with Crippen molar-refractivity contribution in [2.24, 2.45) is 5.10 Å². The van der Waals surface area contributed by atoms with Crippen molar-refractivity contribution in [2.75, 3.05) is 6.54 Å². The summed E-state index contributed by atoms with van der Waals surface area (Å²) in [6.45, 7) is 0.484. The van der Waals surface area contributed by atoms with Crippen LogP contribution in [0.5, 0.6) is 5.75 Å². The van der Waals surface area contributed by atoms with E-state index in [9.17, 15) is 18.0 Å². The molecule has 2 heterocycles. The van der Waals surface area contributed by atoms with E-state index in [-0.39, 0.29) is 11.7 Å². The molecule has 154 valence electrons. The zero-order valence-electron chi connectivity index (χ0n) is 15.9. The Morgan fingerprint density at radius 1 is 1.13 bits per heavy atom. The first-order valence-corrected chi connectivity index (χ1v) is 9.46. The maximum atomic E-state index is 12.7. The second kappa shape index (κ2) is 8.14. The topological polar surface area (TPSA) is 54.8 Å². The van der Waals surface area contributed by atoms with E-state index in [1.165, 1.54) is 23.2 Å². The fourth-order valence-corrected chi connectivity index (χ4v) is 3.44. The summed E-state index contributed by atoms with van der Waals surface area (Å²) in [5.74, 6) is -0.435. The number of aromatic nitrogens is 1. The quantitative estimate of drug-likeness (QED) is 0.570. The lowest BCUT2D eigenvalue weighted by Gasteiger charge is -2.15. The van der Waals surface area contributed by atoms with Crippen molar-refractivity contribution in [1.29, 1.82) is 0 Å². The number of carbonyl (C=O) groups excluding carboxylic acids is 1. The average Bonchev–Trinajstić information content (AvgIpc) is 3.11. The molecule has 0 atom stereocenters. The van der Waals surface area contributed by atoms with Crippen LogP contribution in [0.4, 0.5) is 13.2 Å². The second-order valence-electron chi connectivity index (χ2n) is 6.91. The zero-order chi connectivity index (χ0) is 21.1. The maximum Gasteiger partial charge on any atom is 0.573 e. The van der Waals surface area contributed by atoms with Crippen LogP contribution >= 0.6 is 0 Å². The van der Waals surface area contributed by atoms with E-state index in [1.54, 1.807) is 12.3 Å². The first kappa shape index (κ1) is 19.9. The van der Waals surface area contributed by atoms with Crippen LogP contribution in [-0.4, -0.2) is 34.5 Å². The lowest BCUT2D eigenvalue weighted by molar-refractivity contribution is -0.274. The summed E-state index contributed by atoms with van der Waals surface area (Å²) >= 11 is 0. The van der Waals surface area contributed by atoms with Gasteiger partial charge in [-0.3, -0.25) is 9.78 Å². The molecule has 1 saturated heterocycles. The van der Waals surface area contributed by atoms with Crippen LogP contribution in [0.15, 0.2) is 65.9 Å². The Balaban J connectivity index is 1.75. The number of alkyl halides is 3. The highest BCUT2D eigenvalue weighted by Crippen LogP contribution is 2.25. The Bertz CT molecular complexity index is 1110. The van der Waals surface area contributed by atoms with E-state index >= 15 is 0 Å². The van der Waals surface area contributed by atoms with Gasteiger partial charge in [-0.1, -0.05) is 30.3 Å². The van der Waals surface area contributed by atoms with Gasteiger partial charge in [-0.2, -0.15) is 5.10 Å². The van der Waals surface area contributed by atoms with Gasteiger partial charge in [0.1, 0.15) is 5.75 Å². The lowest BCUT2D eigenvalue weighted by atomic mass is 9.99. The predicted octanol–water partition coefficient (Wildman–Crippen LogP) is 4.70. The highest BCUT2D eigenvalue weighted by molar-refractivity contribution is 6.04.